The standard InChI is InChI=1S/C7H15N.C4H10.H2/c1-8-7-5-3-2-4-6-7;1-3-4-2;/h7-8H,2-6H2,1H3;3-4H2,1-2H3;1H. The summed E-state index contributed by atoms with van der Waals surface area (Å²) in [5.41, 5.74) is 0. The predicted molar refractivity (Wildman–Crippen MR) is 58.6 cm³/mol. The van der Waals surface area contributed by atoms with Crippen LogP contribution in [0.1, 0.15) is 60.2 Å². The van der Waals surface area contributed by atoms with Crippen molar-refractivity contribution >= 4 is 0 Å². The molecule has 0 amide bonds. The van der Waals surface area contributed by atoms with Gasteiger partial charge in [-0.1, -0.05) is 46.0 Å². The molecule has 1 aliphatic carbocycles. The van der Waals surface area contributed by atoms with Gasteiger partial charge in [0.15, 0.2) is 0 Å². The van der Waals surface area contributed by atoms with Gasteiger partial charge in [-0.3, -0.25) is 0 Å². The predicted octanol–water partition coefficient (Wildman–Crippen LogP) is 3.59. The van der Waals surface area contributed by atoms with Crippen LogP contribution >= 0.6 is 0 Å². The van der Waals surface area contributed by atoms with E-state index in [4.69, 9.17) is 0 Å². The average Bonchev–Trinajstić information content (AvgIpc) is 2.19. The van der Waals surface area contributed by atoms with Gasteiger partial charge in [0.1, 0.15) is 0 Å². The summed E-state index contributed by atoms with van der Waals surface area (Å²) in [7, 11) is 2.07. The second-order valence-corrected chi connectivity index (χ2v) is 3.62. The largest absolute Gasteiger partial charge is 0.317 e. The van der Waals surface area contributed by atoms with Crippen molar-refractivity contribution in [2.45, 2.75) is 64.8 Å². The molecule has 0 saturated heterocycles. The summed E-state index contributed by atoms with van der Waals surface area (Å²) in [6.07, 6.45) is 9.77. The molecule has 1 nitrogen and oxygen atoms in total. The number of rotatable bonds is 2. The van der Waals surface area contributed by atoms with Gasteiger partial charge >= 0.3 is 0 Å². The van der Waals surface area contributed by atoms with E-state index in [1.165, 1.54) is 44.9 Å². The lowest BCUT2D eigenvalue weighted by Crippen LogP contribution is -2.26. The highest BCUT2D eigenvalue weighted by atomic mass is 14.9. The zero-order valence-corrected chi connectivity index (χ0v) is 9.03. The van der Waals surface area contributed by atoms with Crippen molar-refractivity contribution in [3.05, 3.63) is 0 Å². The Morgan fingerprint density at radius 1 is 1.08 bits per heavy atom. The Labute approximate surface area is 79.4 Å². The Bertz CT molecular complexity index is 78.2. The molecule has 12 heavy (non-hydrogen) atoms. The minimum Gasteiger partial charge on any atom is -0.317 e. The summed E-state index contributed by atoms with van der Waals surface area (Å²) in [6.45, 7) is 4.36. The lowest BCUT2D eigenvalue weighted by atomic mass is 9.96. The van der Waals surface area contributed by atoms with Crippen LogP contribution < -0.4 is 5.32 Å². The second kappa shape index (κ2) is 9.05. The first-order valence-corrected chi connectivity index (χ1v) is 5.52. The first-order chi connectivity index (χ1) is 5.85. The van der Waals surface area contributed by atoms with Crippen LogP contribution in [0.5, 0.6) is 0 Å². The third-order valence-electron chi connectivity index (χ3n) is 2.51. The van der Waals surface area contributed by atoms with E-state index in [1.807, 2.05) is 0 Å². The fourth-order valence-electron chi connectivity index (χ4n) is 1.39. The summed E-state index contributed by atoms with van der Waals surface area (Å²) in [4.78, 5) is 0. The summed E-state index contributed by atoms with van der Waals surface area (Å²) >= 11 is 0. The number of hydrogen-bond donors (Lipinski definition) is 1. The molecule has 0 heterocycles. The number of hydrogen-bond acceptors (Lipinski definition) is 1. The van der Waals surface area contributed by atoms with Gasteiger partial charge in [-0.15, -0.1) is 0 Å². The number of nitrogens with one attached hydrogen (secondary N) is 1. The normalized spacial score (nSPS) is 18.2. The molecule has 1 heteroatoms. The van der Waals surface area contributed by atoms with E-state index < -0.39 is 0 Å². The minimum atomic E-state index is 0. The third kappa shape index (κ3) is 6.66. The van der Waals surface area contributed by atoms with Crippen LogP contribution in [-0.4, -0.2) is 13.1 Å². The van der Waals surface area contributed by atoms with Crippen LogP contribution in [0, 0.1) is 0 Å². The first-order valence-electron chi connectivity index (χ1n) is 5.52. The Hall–Kier alpha value is -0.0400. The topological polar surface area (TPSA) is 12.0 Å². The fraction of sp³-hybridized carbons (Fsp3) is 1.00. The van der Waals surface area contributed by atoms with E-state index in [2.05, 4.69) is 26.2 Å². The zero-order chi connectivity index (χ0) is 9.23. The summed E-state index contributed by atoms with van der Waals surface area (Å²) in [5, 5.41) is 3.30. The van der Waals surface area contributed by atoms with Gasteiger partial charge in [-0.25, -0.2) is 0 Å². The molecule has 0 aromatic heterocycles. The first kappa shape index (κ1) is 12.0. The van der Waals surface area contributed by atoms with Crippen LogP contribution in [0.3, 0.4) is 0 Å². The molecule has 1 aliphatic rings. The van der Waals surface area contributed by atoms with Crippen molar-refractivity contribution in [1.82, 2.24) is 5.32 Å². The van der Waals surface area contributed by atoms with Crippen LogP contribution in [0.4, 0.5) is 0 Å². The second-order valence-electron chi connectivity index (χ2n) is 3.62. The fourth-order valence-corrected chi connectivity index (χ4v) is 1.39. The van der Waals surface area contributed by atoms with E-state index in [0.29, 0.717) is 0 Å². The SMILES string of the molecule is CCCC.CNC1CCCCC1.[HH]. The molecule has 1 fully saturated rings. The van der Waals surface area contributed by atoms with Crippen molar-refractivity contribution in [3.8, 4) is 0 Å². The van der Waals surface area contributed by atoms with Crippen molar-refractivity contribution < 1.29 is 1.43 Å². The van der Waals surface area contributed by atoms with Gasteiger partial charge in [0.2, 0.25) is 0 Å². The summed E-state index contributed by atoms with van der Waals surface area (Å²) in [6, 6.07) is 0.837. The molecule has 1 saturated carbocycles. The monoisotopic (exact) mass is 173 g/mol. The summed E-state index contributed by atoms with van der Waals surface area (Å²) in [5.74, 6) is 0. The maximum Gasteiger partial charge on any atom is 0.00640 e. The van der Waals surface area contributed by atoms with Gasteiger partial charge in [0.05, 0.1) is 0 Å². The Balaban J connectivity index is 0. The van der Waals surface area contributed by atoms with Crippen molar-refractivity contribution in [2.75, 3.05) is 7.05 Å². The zero-order valence-electron chi connectivity index (χ0n) is 9.03. The van der Waals surface area contributed by atoms with E-state index in [-0.39, 0.29) is 1.43 Å². The molecule has 0 bridgehead atoms. The van der Waals surface area contributed by atoms with Gasteiger partial charge in [-0.05, 0) is 19.9 Å². The van der Waals surface area contributed by atoms with Gasteiger partial charge in [0.25, 0.3) is 0 Å². The van der Waals surface area contributed by atoms with Crippen molar-refractivity contribution in [1.29, 1.82) is 0 Å². The van der Waals surface area contributed by atoms with Gasteiger partial charge < -0.3 is 5.32 Å². The van der Waals surface area contributed by atoms with Crippen LogP contribution in [0.15, 0.2) is 0 Å². The van der Waals surface area contributed by atoms with E-state index in [1.54, 1.807) is 0 Å². The van der Waals surface area contributed by atoms with E-state index >= 15 is 0 Å². The molecular weight excluding hydrogens is 146 g/mol. The lowest BCUT2D eigenvalue weighted by molar-refractivity contribution is 0.394. The molecule has 76 valence electrons. The minimum absolute atomic E-state index is 0. The van der Waals surface area contributed by atoms with Crippen molar-refractivity contribution in [3.63, 3.8) is 0 Å². The molecular formula is C11H27N. The molecule has 0 radical (unpaired) electrons. The smallest absolute Gasteiger partial charge is 0.00640 e. The Kier molecular flexibility index (Phi) is 9.02. The molecule has 1 rings (SSSR count). The quantitative estimate of drug-likeness (QED) is 0.673. The molecule has 0 atom stereocenters. The average molecular weight is 173 g/mol. The number of unbranched alkanes of at least 4 members (excludes halogenated alkanes) is 1. The molecule has 0 aromatic carbocycles. The third-order valence-corrected chi connectivity index (χ3v) is 2.51. The molecule has 0 unspecified atom stereocenters. The highest BCUT2D eigenvalue weighted by Crippen LogP contribution is 2.16. The molecule has 1 N–H and O–H groups in total. The highest BCUT2D eigenvalue weighted by Gasteiger charge is 2.09. The molecule has 0 aromatic rings. The van der Waals surface area contributed by atoms with Crippen LogP contribution in [0.2, 0.25) is 0 Å². The Morgan fingerprint density at radius 3 is 1.83 bits per heavy atom. The maximum atomic E-state index is 3.30. The highest BCUT2D eigenvalue weighted by molar-refractivity contribution is 4.68. The van der Waals surface area contributed by atoms with E-state index in [0.717, 1.165) is 6.04 Å². The van der Waals surface area contributed by atoms with Crippen molar-refractivity contribution in [2.24, 2.45) is 0 Å². The Morgan fingerprint density at radius 2 is 1.58 bits per heavy atom. The maximum absolute atomic E-state index is 3.30. The van der Waals surface area contributed by atoms with E-state index in [9.17, 15) is 0 Å². The van der Waals surface area contributed by atoms with Crippen LogP contribution in [-0.2, 0) is 0 Å². The summed E-state index contributed by atoms with van der Waals surface area (Å²) < 4.78 is 0. The lowest BCUT2D eigenvalue weighted by Gasteiger charge is -2.20. The molecule has 0 spiro atoms. The van der Waals surface area contributed by atoms with Crippen LogP contribution in [0.25, 0.3) is 0 Å². The molecule has 0 aliphatic heterocycles. The van der Waals surface area contributed by atoms with Gasteiger partial charge in [0, 0.05) is 7.47 Å². The van der Waals surface area contributed by atoms with Gasteiger partial charge in [-0.2, -0.15) is 0 Å².